The largest absolute Gasteiger partial charge is 0.325 e. The fourth-order valence-electron chi connectivity index (χ4n) is 2.89. The lowest BCUT2D eigenvalue weighted by Gasteiger charge is -2.24. The first-order valence-electron chi connectivity index (χ1n) is 7.66. The van der Waals surface area contributed by atoms with Gasteiger partial charge >= 0.3 is 0 Å². The number of anilines is 1. The van der Waals surface area contributed by atoms with E-state index in [4.69, 9.17) is 5.26 Å². The SMILES string of the molecule is CSC1CCC(N(C)CCC(=O)Nc2ccccc2C#N)C1. The Kier molecular flexibility index (Phi) is 6.29. The summed E-state index contributed by atoms with van der Waals surface area (Å²) in [6.07, 6.45) is 6.35. The first-order valence-corrected chi connectivity index (χ1v) is 8.95. The van der Waals surface area contributed by atoms with Crippen molar-refractivity contribution in [2.75, 3.05) is 25.2 Å². The number of benzene rings is 1. The highest BCUT2D eigenvalue weighted by Crippen LogP contribution is 2.30. The van der Waals surface area contributed by atoms with Gasteiger partial charge in [0, 0.05) is 24.3 Å². The van der Waals surface area contributed by atoms with Crippen molar-refractivity contribution in [3.8, 4) is 6.07 Å². The molecule has 0 radical (unpaired) electrons. The molecular weight excluding hydrogens is 294 g/mol. The van der Waals surface area contributed by atoms with Crippen molar-refractivity contribution in [2.24, 2.45) is 0 Å². The molecule has 1 N–H and O–H groups in total. The summed E-state index contributed by atoms with van der Waals surface area (Å²) in [6, 6.07) is 9.78. The summed E-state index contributed by atoms with van der Waals surface area (Å²) < 4.78 is 0. The highest BCUT2D eigenvalue weighted by atomic mass is 32.2. The van der Waals surface area contributed by atoms with Crippen LogP contribution in [0.4, 0.5) is 5.69 Å². The minimum atomic E-state index is -0.0334. The van der Waals surface area contributed by atoms with Crippen molar-refractivity contribution in [1.82, 2.24) is 4.90 Å². The highest BCUT2D eigenvalue weighted by molar-refractivity contribution is 7.99. The molecule has 1 fully saturated rings. The summed E-state index contributed by atoms with van der Waals surface area (Å²) in [4.78, 5) is 14.4. The molecule has 2 atom stereocenters. The Morgan fingerprint density at radius 1 is 1.45 bits per heavy atom. The van der Waals surface area contributed by atoms with Crippen LogP contribution in [0, 0.1) is 11.3 Å². The molecule has 2 unspecified atom stereocenters. The number of carbonyl (C=O) groups is 1. The van der Waals surface area contributed by atoms with E-state index in [1.165, 1.54) is 19.3 Å². The van der Waals surface area contributed by atoms with Crippen LogP contribution in [-0.2, 0) is 4.79 Å². The zero-order valence-corrected chi connectivity index (χ0v) is 14.0. The van der Waals surface area contributed by atoms with E-state index >= 15 is 0 Å². The van der Waals surface area contributed by atoms with Gasteiger partial charge in [-0.05, 0) is 44.7 Å². The van der Waals surface area contributed by atoms with Crippen molar-refractivity contribution in [2.45, 2.75) is 37.0 Å². The fraction of sp³-hybridized carbons (Fsp3) is 0.529. The van der Waals surface area contributed by atoms with Crippen molar-refractivity contribution in [3.63, 3.8) is 0 Å². The number of amides is 1. The van der Waals surface area contributed by atoms with Crippen molar-refractivity contribution in [3.05, 3.63) is 29.8 Å². The van der Waals surface area contributed by atoms with Gasteiger partial charge in [-0.2, -0.15) is 17.0 Å². The number of nitrogens with one attached hydrogen (secondary N) is 1. The molecule has 0 saturated heterocycles. The maximum atomic E-state index is 12.1. The molecule has 22 heavy (non-hydrogen) atoms. The second kappa shape index (κ2) is 8.21. The minimum Gasteiger partial charge on any atom is -0.325 e. The predicted octanol–water partition coefficient (Wildman–Crippen LogP) is 3.10. The molecule has 0 aromatic heterocycles. The Morgan fingerprint density at radius 2 is 2.23 bits per heavy atom. The maximum absolute atomic E-state index is 12.1. The molecule has 1 aromatic rings. The number of thioether (sulfide) groups is 1. The monoisotopic (exact) mass is 317 g/mol. The van der Waals surface area contributed by atoms with E-state index in [1.807, 2.05) is 17.8 Å². The quantitative estimate of drug-likeness (QED) is 0.876. The van der Waals surface area contributed by atoms with Crippen LogP contribution < -0.4 is 5.32 Å². The molecule has 0 spiro atoms. The second-order valence-electron chi connectivity index (χ2n) is 5.76. The molecule has 0 heterocycles. The summed E-state index contributed by atoms with van der Waals surface area (Å²) in [7, 11) is 2.10. The number of para-hydroxylation sites is 1. The van der Waals surface area contributed by atoms with Gasteiger partial charge in [0.2, 0.25) is 5.91 Å². The normalized spacial score (nSPS) is 20.8. The molecule has 1 amide bonds. The average Bonchev–Trinajstić information content (AvgIpc) is 3.02. The third-order valence-corrected chi connectivity index (χ3v) is 5.42. The van der Waals surface area contributed by atoms with Gasteiger partial charge in [0.25, 0.3) is 0 Å². The van der Waals surface area contributed by atoms with Gasteiger partial charge in [0.05, 0.1) is 11.3 Å². The van der Waals surface area contributed by atoms with Crippen molar-refractivity contribution in [1.29, 1.82) is 5.26 Å². The molecule has 0 bridgehead atoms. The Morgan fingerprint density at radius 3 is 2.91 bits per heavy atom. The lowest BCUT2D eigenvalue weighted by atomic mass is 10.2. The molecular formula is C17H23N3OS. The van der Waals surface area contributed by atoms with E-state index in [2.05, 4.69) is 29.6 Å². The van der Waals surface area contributed by atoms with Gasteiger partial charge < -0.3 is 10.2 Å². The standard InChI is InChI=1S/C17H23N3OS/c1-20(14-7-8-15(11-14)22-2)10-9-17(21)19-16-6-4-3-5-13(16)12-18/h3-6,14-15H,7-11H2,1-2H3,(H,19,21). The third kappa shape index (κ3) is 4.49. The number of hydrogen-bond acceptors (Lipinski definition) is 4. The van der Waals surface area contributed by atoms with Crippen molar-refractivity contribution >= 4 is 23.4 Å². The van der Waals surface area contributed by atoms with Crippen molar-refractivity contribution < 1.29 is 4.79 Å². The molecule has 5 heteroatoms. The fourth-order valence-corrected chi connectivity index (χ4v) is 3.68. The lowest BCUT2D eigenvalue weighted by molar-refractivity contribution is -0.116. The van der Waals surface area contributed by atoms with Crippen LogP contribution in [0.3, 0.4) is 0 Å². The molecule has 1 aliphatic rings. The first-order chi connectivity index (χ1) is 10.6. The van der Waals surface area contributed by atoms with Gasteiger partial charge in [-0.3, -0.25) is 4.79 Å². The third-order valence-electron chi connectivity index (χ3n) is 4.33. The van der Waals surface area contributed by atoms with Crippen LogP contribution >= 0.6 is 11.8 Å². The molecule has 1 aromatic carbocycles. The van der Waals surface area contributed by atoms with E-state index in [9.17, 15) is 4.79 Å². The van der Waals surface area contributed by atoms with E-state index in [-0.39, 0.29) is 5.91 Å². The molecule has 0 aliphatic heterocycles. The van der Waals surface area contributed by atoms with Crippen LogP contribution in [-0.4, -0.2) is 41.9 Å². The number of nitriles is 1. The molecule has 1 aliphatic carbocycles. The van der Waals surface area contributed by atoms with E-state index in [0.717, 1.165) is 11.8 Å². The summed E-state index contributed by atoms with van der Waals surface area (Å²) >= 11 is 1.95. The summed E-state index contributed by atoms with van der Waals surface area (Å²) in [5.41, 5.74) is 1.10. The zero-order chi connectivity index (χ0) is 15.9. The van der Waals surface area contributed by atoms with E-state index < -0.39 is 0 Å². The Hall–Kier alpha value is -1.51. The first kappa shape index (κ1) is 16.9. The summed E-state index contributed by atoms with van der Waals surface area (Å²) in [6.45, 7) is 0.756. The number of rotatable bonds is 6. The topological polar surface area (TPSA) is 56.1 Å². The Balaban J connectivity index is 1.79. The zero-order valence-electron chi connectivity index (χ0n) is 13.2. The number of hydrogen-bond donors (Lipinski definition) is 1. The van der Waals surface area contributed by atoms with Crippen LogP contribution in [0.5, 0.6) is 0 Å². The average molecular weight is 317 g/mol. The number of nitrogens with zero attached hydrogens (tertiary/aromatic N) is 2. The molecule has 118 valence electrons. The lowest BCUT2D eigenvalue weighted by Crippen LogP contribution is -2.32. The molecule has 2 rings (SSSR count). The van der Waals surface area contributed by atoms with Gasteiger partial charge in [-0.25, -0.2) is 0 Å². The summed E-state index contributed by atoms with van der Waals surface area (Å²) in [5, 5.41) is 12.6. The smallest absolute Gasteiger partial charge is 0.225 e. The second-order valence-corrected chi connectivity index (χ2v) is 6.90. The highest BCUT2D eigenvalue weighted by Gasteiger charge is 2.26. The predicted molar refractivity (Wildman–Crippen MR) is 92.0 cm³/mol. The molecule has 4 nitrogen and oxygen atoms in total. The maximum Gasteiger partial charge on any atom is 0.225 e. The number of carbonyl (C=O) groups excluding carboxylic acids is 1. The van der Waals surface area contributed by atoms with Crippen LogP contribution in [0.25, 0.3) is 0 Å². The van der Waals surface area contributed by atoms with Crippen LogP contribution in [0.2, 0.25) is 0 Å². The Labute approximate surface area is 136 Å². The van der Waals surface area contributed by atoms with Gasteiger partial charge in [-0.15, -0.1) is 0 Å². The molecule has 1 saturated carbocycles. The minimum absolute atomic E-state index is 0.0334. The van der Waals surface area contributed by atoms with Gasteiger partial charge in [0.1, 0.15) is 6.07 Å². The Bertz CT molecular complexity index is 555. The van der Waals surface area contributed by atoms with Crippen LogP contribution in [0.1, 0.15) is 31.2 Å². The summed E-state index contributed by atoms with van der Waals surface area (Å²) in [5.74, 6) is -0.0334. The van der Waals surface area contributed by atoms with E-state index in [1.54, 1.807) is 18.2 Å². The van der Waals surface area contributed by atoms with E-state index in [0.29, 0.717) is 23.7 Å². The van der Waals surface area contributed by atoms with Gasteiger partial charge in [0.15, 0.2) is 0 Å². The van der Waals surface area contributed by atoms with Gasteiger partial charge in [-0.1, -0.05) is 12.1 Å². The van der Waals surface area contributed by atoms with Crippen LogP contribution in [0.15, 0.2) is 24.3 Å².